The molecule has 1 aromatic carbocycles. The molecule has 3 aromatic rings. The summed E-state index contributed by atoms with van der Waals surface area (Å²) < 4.78 is 0. The Labute approximate surface area is 168 Å². The first-order valence-electron chi connectivity index (χ1n) is 9.59. The lowest BCUT2D eigenvalue weighted by Gasteiger charge is -2.39. The van der Waals surface area contributed by atoms with Crippen LogP contribution in [0.1, 0.15) is 33.2 Å². The number of nitrogens with one attached hydrogen (secondary N) is 1. The summed E-state index contributed by atoms with van der Waals surface area (Å²) in [6.07, 6.45) is 3.21. The van der Waals surface area contributed by atoms with E-state index in [-0.39, 0.29) is 11.9 Å². The largest absolute Gasteiger partial charge is 0.345 e. The number of piperazine rings is 1. The molecule has 2 amide bonds. The summed E-state index contributed by atoms with van der Waals surface area (Å²) in [7, 11) is 0. The number of H-pyrrole nitrogens is 1. The molecule has 29 heavy (non-hydrogen) atoms. The van der Waals surface area contributed by atoms with Gasteiger partial charge in [0.15, 0.2) is 0 Å². The van der Waals surface area contributed by atoms with Crippen molar-refractivity contribution < 1.29 is 14.4 Å². The number of aromatic nitrogens is 2. The molecule has 3 heterocycles. The average Bonchev–Trinajstić information content (AvgIpc) is 3.18. The van der Waals surface area contributed by atoms with Crippen LogP contribution < -0.4 is 0 Å². The maximum absolute atomic E-state index is 12.9. The topological polar surface area (TPSA) is 86.4 Å². The number of nitrogens with zero attached hydrogens (tertiary/aromatic N) is 3. The van der Waals surface area contributed by atoms with Gasteiger partial charge in [-0.05, 0) is 37.6 Å². The minimum absolute atomic E-state index is 0.0609. The molecule has 7 nitrogen and oxygen atoms in total. The first-order valence-corrected chi connectivity index (χ1v) is 9.59. The van der Waals surface area contributed by atoms with Gasteiger partial charge in [0.2, 0.25) is 0 Å². The molecule has 1 fully saturated rings. The van der Waals surface area contributed by atoms with E-state index in [1.807, 2.05) is 38.1 Å². The Balaban J connectivity index is 1.50. The number of amides is 2. The monoisotopic (exact) mass is 390 g/mol. The van der Waals surface area contributed by atoms with Crippen molar-refractivity contribution in [1.82, 2.24) is 19.8 Å². The summed E-state index contributed by atoms with van der Waals surface area (Å²) in [4.78, 5) is 49.0. The Hall–Kier alpha value is -3.48. The van der Waals surface area contributed by atoms with Crippen LogP contribution in [-0.4, -0.2) is 63.0 Å². The Bertz CT molecular complexity index is 1090. The molecule has 4 rings (SSSR count). The van der Waals surface area contributed by atoms with E-state index in [0.29, 0.717) is 41.8 Å². The van der Waals surface area contributed by atoms with E-state index in [0.717, 1.165) is 5.56 Å². The zero-order valence-corrected chi connectivity index (χ0v) is 16.4. The van der Waals surface area contributed by atoms with Crippen LogP contribution in [0.4, 0.5) is 0 Å². The van der Waals surface area contributed by atoms with Crippen molar-refractivity contribution in [1.29, 1.82) is 0 Å². The van der Waals surface area contributed by atoms with E-state index in [2.05, 4.69) is 9.97 Å². The number of pyridine rings is 1. The lowest BCUT2D eigenvalue weighted by atomic mass is 10.0. The van der Waals surface area contributed by atoms with E-state index in [1.165, 1.54) is 0 Å². The quantitative estimate of drug-likeness (QED) is 0.550. The van der Waals surface area contributed by atoms with Crippen molar-refractivity contribution in [2.45, 2.75) is 19.9 Å². The molecule has 0 saturated carbocycles. The number of Topliss-reactive ketones (excluding diaryl/α,β-unsaturated/α-hetero) is 1. The maximum atomic E-state index is 12.9. The minimum Gasteiger partial charge on any atom is -0.345 e. The van der Waals surface area contributed by atoms with Gasteiger partial charge in [-0.15, -0.1) is 0 Å². The number of carbonyl (C=O) groups is 3. The van der Waals surface area contributed by atoms with Crippen LogP contribution in [0.25, 0.3) is 11.0 Å². The van der Waals surface area contributed by atoms with Crippen LogP contribution in [0.2, 0.25) is 0 Å². The van der Waals surface area contributed by atoms with Crippen LogP contribution in [0.3, 0.4) is 0 Å². The highest BCUT2D eigenvalue weighted by Gasteiger charge is 2.34. The van der Waals surface area contributed by atoms with Gasteiger partial charge < -0.3 is 14.8 Å². The number of ketones is 1. The average molecular weight is 390 g/mol. The second-order valence-corrected chi connectivity index (χ2v) is 7.35. The van der Waals surface area contributed by atoms with Crippen molar-refractivity contribution in [3.05, 3.63) is 65.5 Å². The number of hydrogen-bond acceptors (Lipinski definition) is 4. The van der Waals surface area contributed by atoms with Gasteiger partial charge in [-0.1, -0.05) is 18.2 Å². The third kappa shape index (κ3) is 3.40. The highest BCUT2D eigenvalue weighted by molar-refractivity contribution is 6.45. The molecule has 1 unspecified atom stereocenters. The van der Waals surface area contributed by atoms with Gasteiger partial charge in [-0.2, -0.15) is 0 Å². The molecule has 1 aliphatic rings. The maximum Gasteiger partial charge on any atom is 0.295 e. The molecule has 0 radical (unpaired) electrons. The zero-order valence-electron chi connectivity index (χ0n) is 16.4. The smallest absolute Gasteiger partial charge is 0.295 e. The van der Waals surface area contributed by atoms with Gasteiger partial charge in [-0.25, -0.2) is 4.98 Å². The predicted molar refractivity (Wildman–Crippen MR) is 109 cm³/mol. The Morgan fingerprint density at radius 3 is 2.59 bits per heavy atom. The van der Waals surface area contributed by atoms with Crippen molar-refractivity contribution in [2.24, 2.45) is 0 Å². The summed E-state index contributed by atoms with van der Waals surface area (Å²) >= 11 is 0. The van der Waals surface area contributed by atoms with Gasteiger partial charge in [0.05, 0.1) is 5.56 Å². The van der Waals surface area contributed by atoms with Gasteiger partial charge in [-0.3, -0.25) is 14.4 Å². The molecule has 2 aromatic heterocycles. The minimum atomic E-state index is -0.554. The Kier molecular flexibility index (Phi) is 4.88. The van der Waals surface area contributed by atoms with Crippen molar-refractivity contribution in [2.75, 3.05) is 19.6 Å². The molecule has 7 heteroatoms. The van der Waals surface area contributed by atoms with E-state index in [4.69, 9.17) is 0 Å². The van der Waals surface area contributed by atoms with E-state index in [9.17, 15) is 14.4 Å². The number of rotatable bonds is 3. The van der Waals surface area contributed by atoms with Crippen LogP contribution in [0.15, 0.2) is 48.8 Å². The Morgan fingerprint density at radius 2 is 1.86 bits per heavy atom. The first kappa shape index (κ1) is 18.9. The number of aryl methyl sites for hydroxylation is 1. The van der Waals surface area contributed by atoms with E-state index in [1.54, 1.807) is 34.3 Å². The predicted octanol–water partition coefficient (Wildman–Crippen LogP) is 2.43. The molecule has 0 aliphatic carbocycles. The molecule has 1 atom stereocenters. The third-order valence-electron chi connectivity index (χ3n) is 5.42. The molecule has 0 bridgehead atoms. The normalized spacial score (nSPS) is 16.8. The summed E-state index contributed by atoms with van der Waals surface area (Å²) in [5.41, 5.74) is 2.44. The van der Waals surface area contributed by atoms with Crippen LogP contribution in [0.5, 0.6) is 0 Å². The zero-order chi connectivity index (χ0) is 20.5. The number of fused-ring (bicyclic) bond motifs is 1. The second-order valence-electron chi connectivity index (χ2n) is 7.35. The van der Waals surface area contributed by atoms with Crippen molar-refractivity contribution in [3.63, 3.8) is 0 Å². The summed E-state index contributed by atoms with van der Waals surface area (Å²) in [6, 6.07) is 10.6. The first-order chi connectivity index (χ1) is 14.0. The lowest BCUT2D eigenvalue weighted by molar-refractivity contribution is -0.130. The fourth-order valence-corrected chi connectivity index (χ4v) is 3.85. The molecular formula is C22H22N4O3. The summed E-state index contributed by atoms with van der Waals surface area (Å²) in [6.45, 7) is 4.85. The third-order valence-corrected chi connectivity index (χ3v) is 5.42. The van der Waals surface area contributed by atoms with Crippen LogP contribution in [0, 0.1) is 6.92 Å². The van der Waals surface area contributed by atoms with Gasteiger partial charge in [0.1, 0.15) is 5.65 Å². The number of benzene rings is 1. The van der Waals surface area contributed by atoms with Crippen LogP contribution >= 0.6 is 0 Å². The number of hydrogen-bond donors (Lipinski definition) is 1. The lowest BCUT2D eigenvalue weighted by Crippen LogP contribution is -2.56. The van der Waals surface area contributed by atoms with E-state index >= 15 is 0 Å². The number of carbonyl (C=O) groups excluding carboxylic acids is 3. The van der Waals surface area contributed by atoms with Gasteiger partial charge in [0, 0.05) is 49.0 Å². The van der Waals surface area contributed by atoms with E-state index < -0.39 is 11.7 Å². The highest BCUT2D eigenvalue weighted by atomic mass is 16.2. The SMILES string of the molecule is Cc1ccnc2[nH]cc(C(=O)C(=O)N3CCN(C(=O)c4ccccc4)CC3C)c12. The second kappa shape index (κ2) is 7.50. The molecule has 1 saturated heterocycles. The molecule has 0 spiro atoms. The van der Waals surface area contributed by atoms with Crippen molar-refractivity contribution in [3.8, 4) is 0 Å². The molecule has 1 N–H and O–H groups in total. The van der Waals surface area contributed by atoms with Gasteiger partial charge in [0.25, 0.3) is 17.6 Å². The fraction of sp³-hybridized carbons (Fsp3) is 0.273. The number of aromatic amines is 1. The highest BCUT2D eigenvalue weighted by Crippen LogP contribution is 2.22. The Morgan fingerprint density at radius 1 is 1.10 bits per heavy atom. The van der Waals surface area contributed by atoms with Gasteiger partial charge >= 0.3 is 0 Å². The molecule has 1 aliphatic heterocycles. The molecular weight excluding hydrogens is 368 g/mol. The van der Waals surface area contributed by atoms with Crippen molar-refractivity contribution >= 4 is 28.6 Å². The molecule has 148 valence electrons. The summed E-state index contributed by atoms with van der Waals surface area (Å²) in [5, 5.41) is 0.677. The fourth-order valence-electron chi connectivity index (χ4n) is 3.85. The van der Waals surface area contributed by atoms with Crippen LogP contribution in [-0.2, 0) is 4.79 Å². The standard InChI is InChI=1S/C22H22N4O3/c1-14-8-9-23-20-18(14)17(12-24-20)19(27)22(29)26-11-10-25(13-15(26)2)21(28)16-6-4-3-5-7-16/h3-9,12,15H,10-11,13H2,1-2H3,(H,23,24). The summed E-state index contributed by atoms with van der Waals surface area (Å²) in [5.74, 6) is -1.16.